The van der Waals surface area contributed by atoms with E-state index < -0.39 is 0 Å². The molecular weight excluding hydrogens is 308 g/mol. The van der Waals surface area contributed by atoms with Gasteiger partial charge in [-0.25, -0.2) is 0 Å². The van der Waals surface area contributed by atoms with E-state index in [1.54, 1.807) is 0 Å². The minimum atomic E-state index is -0.0127. The number of aromatic nitrogens is 1. The molecule has 0 aliphatic carbocycles. The molecule has 0 aliphatic rings. The van der Waals surface area contributed by atoms with E-state index in [0.29, 0.717) is 17.1 Å². The van der Waals surface area contributed by atoms with Crippen molar-refractivity contribution >= 4 is 32.8 Å². The number of benzene rings is 1. The molecule has 4 nitrogen and oxygen atoms in total. The number of rotatable bonds is 6. The Morgan fingerprint density at radius 2 is 2.26 bits per heavy atom. The summed E-state index contributed by atoms with van der Waals surface area (Å²) in [7, 11) is 0. The van der Waals surface area contributed by atoms with Crippen LogP contribution in [0.1, 0.15) is 25.5 Å². The first-order valence-corrected chi connectivity index (χ1v) is 7.32. The molecule has 102 valence electrons. The molecule has 1 unspecified atom stereocenters. The number of hydrogen-bond acceptors (Lipinski definition) is 3. The molecule has 0 bridgehead atoms. The summed E-state index contributed by atoms with van der Waals surface area (Å²) in [5, 5.41) is 7.76. The van der Waals surface area contributed by atoms with Gasteiger partial charge < -0.3 is 9.84 Å². The zero-order valence-corrected chi connectivity index (χ0v) is 12.4. The lowest BCUT2D eigenvalue weighted by atomic mass is 10.1. The number of hydrogen-bond donors (Lipinski definition) is 1. The first-order chi connectivity index (χ1) is 9.16. The largest absolute Gasteiger partial charge is 0.356 e. The fourth-order valence-corrected chi connectivity index (χ4v) is 2.22. The van der Waals surface area contributed by atoms with Gasteiger partial charge in [-0.3, -0.25) is 4.79 Å². The minimum Gasteiger partial charge on any atom is -0.356 e. The zero-order chi connectivity index (χ0) is 13.7. The van der Waals surface area contributed by atoms with Gasteiger partial charge in [-0.1, -0.05) is 40.1 Å². The molecule has 2 aromatic rings. The van der Waals surface area contributed by atoms with Gasteiger partial charge in [0.2, 0.25) is 5.91 Å². The van der Waals surface area contributed by atoms with Crippen LogP contribution < -0.4 is 5.32 Å². The predicted octanol–water partition coefficient (Wildman–Crippen LogP) is 3.05. The van der Waals surface area contributed by atoms with Crippen LogP contribution >= 0.6 is 15.9 Å². The van der Waals surface area contributed by atoms with Crippen LogP contribution in [0.25, 0.3) is 11.0 Å². The highest BCUT2D eigenvalue weighted by Gasteiger charge is 2.11. The molecule has 1 amide bonds. The van der Waals surface area contributed by atoms with Crippen molar-refractivity contribution in [1.29, 1.82) is 0 Å². The van der Waals surface area contributed by atoms with Crippen molar-refractivity contribution in [2.45, 2.75) is 31.0 Å². The SMILES string of the molecule is CC(Br)CCCNC(=O)Cc1noc2ccccc12. The summed E-state index contributed by atoms with van der Waals surface area (Å²) in [6.45, 7) is 2.80. The van der Waals surface area contributed by atoms with E-state index in [0.717, 1.165) is 23.8 Å². The van der Waals surface area contributed by atoms with Crippen LogP contribution in [0.4, 0.5) is 0 Å². The van der Waals surface area contributed by atoms with Crippen molar-refractivity contribution in [3.05, 3.63) is 30.0 Å². The molecule has 1 atom stereocenters. The molecule has 2 rings (SSSR count). The third-order valence-corrected chi connectivity index (χ3v) is 3.34. The quantitative estimate of drug-likeness (QED) is 0.656. The lowest BCUT2D eigenvalue weighted by Gasteiger charge is -2.05. The van der Waals surface area contributed by atoms with E-state index in [9.17, 15) is 4.79 Å². The molecule has 0 saturated heterocycles. The summed E-state index contributed by atoms with van der Waals surface area (Å²) >= 11 is 3.48. The van der Waals surface area contributed by atoms with Crippen LogP contribution in [0.2, 0.25) is 0 Å². The lowest BCUT2D eigenvalue weighted by Crippen LogP contribution is -2.26. The molecule has 0 aliphatic heterocycles. The van der Waals surface area contributed by atoms with Gasteiger partial charge in [0, 0.05) is 16.8 Å². The summed E-state index contributed by atoms with van der Waals surface area (Å²) in [5.41, 5.74) is 1.42. The van der Waals surface area contributed by atoms with Crippen molar-refractivity contribution in [2.24, 2.45) is 0 Å². The predicted molar refractivity (Wildman–Crippen MR) is 78.3 cm³/mol. The molecule has 0 radical (unpaired) electrons. The van der Waals surface area contributed by atoms with Crippen LogP contribution in [-0.4, -0.2) is 22.4 Å². The zero-order valence-electron chi connectivity index (χ0n) is 10.9. The smallest absolute Gasteiger partial charge is 0.226 e. The van der Waals surface area contributed by atoms with E-state index in [4.69, 9.17) is 4.52 Å². The van der Waals surface area contributed by atoms with E-state index in [1.807, 2.05) is 24.3 Å². The third-order valence-electron chi connectivity index (χ3n) is 2.88. The monoisotopic (exact) mass is 324 g/mol. The van der Waals surface area contributed by atoms with Gasteiger partial charge in [0.05, 0.1) is 6.42 Å². The Kier molecular flexibility index (Phi) is 4.96. The average molecular weight is 325 g/mol. The van der Waals surface area contributed by atoms with E-state index in [1.165, 1.54) is 0 Å². The molecule has 1 N–H and O–H groups in total. The van der Waals surface area contributed by atoms with Crippen molar-refractivity contribution < 1.29 is 9.32 Å². The first-order valence-electron chi connectivity index (χ1n) is 6.41. The van der Waals surface area contributed by atoms with Crippen LogP contribution in [0.5, 0.6) is 0 Å². The minimum absolute atomic E-state index is 0.0127. The topological polar surface area (TPSA) is 55.1 Å². The Morgan fingerprint density at radius 1 is 1.47 bits per heavy atom. The van der Waals surface area contributed by atoms with Gasteiger partial charge in [0.1, 0.15) is 5.69 Å². The van der Waals surface area contributed by atoms with Crippen molar-refractivity contribution in [3.63, 3.8) is 0 Å². The molecule has 19 heavy (non-hydrogen) atoms. The Hall–Kier alpha value is -1.36. The van der Waals surface area contributed by atoms with Crippen molar-refractivity contribution in [1.82, 2.24) is 10.5 Å². The summed E-state index contributed by atoms with van der Waals surface area (Å²) < 4.78 is 5.17. The summed E-state index contributed by atoms with van der Waals surface area (Å²) in [4.78, 5) is 12.3. The third kappa shape index (κ3) is 4.06. The van der Waals surface area contributed by atoms with Crippen LogP contribution in [0, 0.1) is 0 Å². The Balaban J connectivity index is 1.85. The summed E-state index contributed by atoms with van der Waals surface area (Å²) in [6, 6.07) is 7.57. The van der Waals surface area contributed by atoms with E-state index in [-0.39, 0.29) is 12.3 Å². The van der Waals surface area contributed by atoms with Gasteiger partial charge in [0.15, 0.2) is 5.58 Å². The molecular formula is C14H17BrN2O2. The number of alkyl halides is 1. The van der Waals surface area contributed by atoms with E-state index >= 15 is 0 Å². The van der Waals surface area contributed by atoms with Crippen LogP contribution in [-0.2, 0) is 11.2 Å². The molecule has 5 heteroatoms. The second-order valence-electron chi connectivity index (χ2n) is 4.58. The first kappa shape index (κ1) is 14.1. The number of halogens is 1. The molecule has 0 fully saturated rings. The number of nitrogens with zero attached hydrogens (tertiary/aromatic N) is 1. The fourth-order valence-electron chi connectivity index (χ4n) is 1.89. The van der Waals surface area contributed by atoms with Gasteiger partial charge in [-0.05, 0) is 25.0 Å². The fraction of sp³-hybridized carbons (Fsp3) is 0.429. The highest BCUT2D eigenvalue weighted by atomic mass is 79.9. The normalized spacial score (nSPS) is 12.5. The highest BCUT2D eigenvalue weighted by molar-refractivity contribution is 9.09. The Labute approximate surface area is 120 Å². The molecule has 1 heterocycles. The molecule has 1 aromatic heterocycles. The van der Waals surface area contributed by atoms with Gasteiger partial charge in [-0.15, -0.1) is 0 Å². The maximum atomic E-state index is 11.8. The Morgan fingerprint density at radius 3 is 3.05 bits per heavy atom. The molecule has 1 aromatic carbocycles. The molecule has 0 spiro atoms. The number of para-hydroxylation sites is 1. The van der Waals surface area contributed by atoms with E-state index in [2.05, 4.69) is 33.3 Å². The second-order valence-corrected chi connectivity index (χ2v) is 6.14. The standard InChI is InChI=1S/C14H17BrN2O2/c1-10(15)5-4-8-16-14(18)9-12-11-6-2-3-7-13(11)19-17-12/h2-3,6-7,10H,4-5,8-9H2,1H3,(H,16,18). The second kappa shape index (κ2) is 6.70. The number of carbonyl (C=O) groups is 1. The number of amides is 1. The van der Waals surface area contributed by atoms with Crippen LogP contribution in [0.15, 0.2) is 28.8 Å². The Bertz CT molecular complexity index is 551. The van der Waals surface area contributed by atoms with Crippen LogP contribution in [0.3, 0.4) is 0 Å². The molecule has 0 saturated carbocycles. The number of fused-ring (bicyclic) bond motifs is 1. The van der Waals surface area contributed by atoms with Gasteiger partial charge in [0.25, 0.3) is 0 Å². The van der Waals surface area contributed by atoms with Gasteiger partial charge in [-0.2, -0.15) is 0 Å². The van der Waals surface area contributed by atoms with Crippen molar-refractivity contribution in [3.8, 4) is 0 Å². The number of nitrogens with one attached hydrogen (secondary N) is 1. The maximum absolute atomic E-state index is 11.8. The summed E-state index contributed by atoms with van der Waals surface area (Å²) in [6.07, 6.45) is 2.28. The number of carbonyl (C=O) groups excluding carboxylic acids is 1. The average Bonchev–Trinajstić information content (AvgIpc) is 2.78. The lowest BCUT2D eigenvalue weighted by molar-refractivity contribution is -0.120. The van der Waals surface area contributed by atoms with Gasteiger partial charge >= 0.3 is 0 Å². The maximum Gasteiger partial charge on any atom is 0.226 e. The summed E-state index contributed by atoms with van der Waals surface area (Å²) in [5.74, 6) is -0.0127. The van der Waals surface area contributed by atoms with Crippen molar-refractivity contribution in [2.75, 3.05) is 6.54 Å². The highest BCUT2D eigenvalue weighted by Crippen LogP contribution is 2.17.